The molecule has 160 valence electrons. The lowest BCUT2D eigenvalue weighted by Gasteiger charge is -2.21. The van der Waals surface area contributed by atoms with Crippen molar-refractivity contribution in [1.82, 2.24) is 0 Å². The maximum absolute atomic E-state index is 11.7. The highest BCUT2D eigenvalue weighted by molar-refractivity contribution is 9.10. The number of benzene rings is 5. The van der Waals surface area contributed by atoms with E-state index in [1.165, 1.54) is 0 Å². The first-order valence-electron chi connectivity index (χ1n) is 10.6. The van der Waals surface area contributed by atoms with Crippen molar-refractivity contribution in [2.75, 3.05) is 0 Å². The second-order valence-electron chi connectivity index (χ2n) is 7.82. The highest BCUT2D eigenvalue weighted by Crippen LogP contribution is 2.49. The fraction of sp³-hybridized carbons (Fsp3) is 0. The van der Waals surface area contributed by atoms with Crippen LogP contribution in [-0.2, 0) is 0 Å². The van der Waals surface area contributed by atoms with Gasteiger partial charge in [0.25, 0.3) is 0 Å². The lowest BCUT2D eigenvalue weighted by atomic mass is 9.84. The number of rotatable bonds is 4. The van der Waals surface area contributed by atoms with Gasteiger partial charge in [0.2, 0.25) is 0 Å². The molecule has 33 heavy (non-hydrogen) atoms. The van der Waals surface area contributed by atoms with Gasteiger partial charge in [-0.25, -0.2) is 0 Å². The Morgan fingerprint density at radius 2 is 0.848 bits per heavy atom. The molecule has 0 heterocycles. The second-order valence-corrected chi connectivity index (χ2v) is 9.65. The summed E-state index contributed by atoms with van der Waals surface area (Å²) in [6.07, 6.45) is 0. The Bertz CT molecular complexity index is 1390. The first kappa shape index (κ1) is 21.7. The normalized spacial score (nSPS) is 10.8. The predicted molar refractivity (Wildman–Crippen MR) is 145 cm³/mol. The van der Waals surface area contributed by atoms with Gasteiger partial charge in [0, 0.05) is 25.6 Å². The Morgan fingerprint density at radius 3 is 1.39 bits per heavy atom. The predicted octanol–water partition coefficient (Wildman–Crippen LogP) is 9.59. The summed E-state index contributed by atoms with van der Waals surface area (Å²) in [5, 5.41) is 11.7. The summed E-state index contributed by atoms with van der Waals surface area (Å²) < 4.78 is 2.05. The molecule has 0 saturated heterocycles. The van der Waals surface area contributed by atoms with Crippen molar-refractivity contribution in [3.8, 4) is 50.3 Å². The summed E-state index contributed by atoms with van der Waals surface area (Å²) in [5.74, 6) is 0.284. The van der Waals surface area contributed by atoms with E-state index in [2.05, 4.69) is 86.5 Å². The van der Waals surface area contributed by atoms with Gasteiger partial charge < -0.3 is 5.11 Å². The average Bonchev–Trinajstić information content (AvgIpc) is 2.86. The molecule has 3 heteroatoms. The highest BCUT2D eigenvalue weighted by Gasteiger charge is 2.22. The molecule has 0 atom stereocenters. The zero-order valence-electron chi connectivity index (χ0n) is 17.7. The van der Waals surface area contributed by atoms with Gasteiger partial charge in [-0.15, -0.1) is 0 Å². The second kappa shape index (κ2) is 9.38. The van der Waals surface area contributed by atoms with Gasteiger partial charge in [-0.05, 0) is 58.1 Å². The summed E-state index contributed by atoms with van der Waals surface area (Å²) in [6.45, 7) is 0. The van der Waals surface area contributed by atoms with E-state index in [1.54, 1.807) is 0 Å². The number of hydrogen-bond acceptors (Lipinski definition) is 1. The Labute approximate surface area is 210 Å². The molecule has 5 aromatic carbocycles. The molecule has 1 N–H and O–H groups in total. The Hall–Kier alpha value is -3.14. The third-order valence-electron chi connectivity index (χ3n) is 5.74. The van der Waals surface area contributed by atoms with Crippen LogP contribution in [0.3, 0.4) is 0 Å². The summed E-state index contributed by atoms with van der Waals surface area (Å²) in [5.41, 5.74) is 7.81. The van der Waals surface area contributed by atoms with Crippen LogP contribution in [-0.4, -0.2) is 5.11 Å². The van der Waals surface area contributed by atoms with E-state index in [0.29, 0.717) is 0 Å². The quantitative estimate of drug-likeness (QED) is 0.234. The third kappa shape index (κ3) is 4.39. The van der Waals surface area contributed by atoms with Crippen molar-refractivity contribution in [1.29, 1.82) is 0 Å². The lowest BCUT2D eigenvalue weighted by molar-refractivity contribution is 0.479. The molecule has 0 spiro atoms. The minimum atomic E-state index is 0.284. The van der Waals surface area contributed by atoms with Crippen molar-refractivity contribution < 1.29 is 5.11 Å². The summed E-state index contributed by atoms with van der Waals surface area (Å²) in [4.78, 5) is 0. The van der Waals surface area contributed by atoms with Crippen molar-refractivity contribution in [2.45, 2.75) is 0 Å². The molecule has 0 amide bonds. The van der Waals surface area contributed by atoms with E-state index in [9.17, 15) is 5.11 Å². The smallest absolute Gasteiger partial charge is 0.131 e. The Morgan fingerprint density at radius 1 is 0.424 bits per heavy atom. The fourth-order valence-corrected chi connectivity index (χ4v) is 4.70. The molecule has 0 aliphatic rings. The van der Waals surface area contributed by atoms with Gasteiger partial charge >= 0.3 is 0 Å². The average molecular weight is 556 g/mol. The maximum atomic E-state index is 11.7. The number of phenols is 1. The molecule has 0 radical (unpaired) electrons. The zero-order chi connectivity index (χ0) is 22.8. The van der Waals surface area contributed by atoms with Crippen LogP contribution >= 0.6 is 31.9 Å². The monoisotopic (exact) mass is 554 g/mol. The van der Waals surface area contributed by atoms with Gasteiger partial charge in [-0.2, -0.15) is 0 Å². The molecule has 0 fully saturated rings. The molecule has 0 aliphatic heterocycles. The molecule has 0 unspecified atom stereocenters. The molecule has 0 aliphatic carbocycles. The molecule has 1 nitrogen and oxygen atoms in total. The molecular weight excluding hydrogens is 536 g/mol. The van der Waals surface area contributed by atoms with Crippen LogP contribution in [0.15, 0.2) is 124 Å². The highest BCUT2D eigenvalue weighted by atomic mass is 79.9. The Kier molecular flexibility index (Phi) is 6.17. The zero-order valence-corrected chi connectivity index (χ0v) is 20.8. The summed E-state index contributed by atoms with van der Waals surface area (Å²) >= 11 is 7.11. The first-order chi connectivity index (χ1) is 16.1. The molecule has 5 rings (SSSR count). The SMILES string of the molecule is Oc1c(-c2ccccc2)cc(-c2ccc(Br)cc2)c(-c2ccc(Br)cc2)c1-c1ccccc1. The van der Waals surface area contributed by atoms with Gasteiger partial charge in [-0.3, -0.25) is 0 Å². The van der Waals surface area contributed by atoms with Gasteiger partial charge in [0.1, 0.15) is 5.75 Å². The standard InChI is InChI=1S/C30H20Br2O/c31-24-15-11-21(12-16-24)26-19-27(20-7-3-1-4-8-20)30(33)29(22-9-5-2-6-10-22)28(26)23-13-17-25(32)18-14-23/h1-19,33H. The van der Waals surface area contributed by atoms with Crippen LogP contribution in [0.4, 0.5) is 0 Å². The molecule has 0 aromatic heterocycles. The van der Waals surface area contributed by atoms with E-state index in [0.717, 1.165) is 53.5 Å². The van der Waals surface area contributed by atoms with Crippen LogP contribution in [0.1, 0.15) is 0 Å². The molecule has 0 saturated carbocycles. The first-order valence-corrected chi connectivity index (χ1v) is 12.2. The van der Waals surface area contributed by atoms with Gasteiger partial charge in [0.15, 0.2) is 0 Å². The van der Waals surface area contributed by atoms with Crippen molar-refractivity contribution in [3.63, 3.8) is 0 Å². The number of halogens is 2. The van der Waals surface area contributed by atoms with E-state index in [4.69, 9.17) is 0 Å². The van der Waals surface area contributed by atoms with E-state index in [-0.39, 0.29) is 5.75 Å². The van der Waals surface area contributed by atoms with E-state index < -0.39 is 0 Å². The van der Waals surface area contributed by atoms with Crippen molar-refractivity contribution >= 4 is 31.9 Å². The van der Waals surface area contributed by atoms with Crippen molar-refractivity contribution in [2.24, 2.45) is 0 Å². The minimum absolute atomic E-state index is 0.284. The van der Waals surface area contributed by atoms with Gasteiger partial charge in [-0.1, -0.05) is 117 Å². The molecule has 0 bridgehead atoms. The van der Waals surface area contributed by atoms with Gasteiger partial charge in [0.05, 0.1) is 0 Å². The van der Waals surface area contributed by atoms with E-state index >= 15 is 0 Å². The lowest BCUT2D eigenvalue weighted by Crippen LogP contribution is -1.94. The summed E-state index contributed by atoms with van der Waals surface area (Å²) in [7, 11) is 0. The number of phenolic OH excluding ortho intramolecular Hbond substituents is 1. The number of aromatic hydroxyl groups is 1. The van der Waals surface area contributed by atoms with Crippen LogP contribution < -0.4 is 0 Å². The molecular formula is C30H20Br2O. The minimum Gasteiger partial charge on any atom is -0.507 e. The van der Waals surface area contributed by atoms with Crippen LogP contribution in [0.25, 0.3) is 44.5 Å². The maximum Gasteiger partial charge on any atom is 0.131 e. The summed E-state index contributed by atoms with van der Waals surface area (Å²) in [6, 6.07) is 38.9. The van der Waals surface area contributed by atoms with Crippen LogP contribution in [0.5, 0.6) is 5.75 Å². The van der Waals surface area contributed by atoms with Crippen molar-refractivity contribution in [3.05, 3.63) is 124 Å². The van der Waals surface area contributed by atoms with E-state index in [1.807, 2.05) is 60.7 Å². The Balaban J connectivity index is 1.92. The third-order valence-corrected chi connectivity index (χ3v) is 6.79. The largest absolute Gasteiger partial charge is 0.507 e. The fourth-order valence-electron chi connectivity index (χ4n) is 4.17. The number of hydrogen-bond donors (Lipinski definition) is 1. The van der Waals surface area contributed by atoms with Crippen LogP contribution in [0, 0.1) is 0 Å². The molecule has 5 aromatic rings. The van der Waals surface area contributed by atoms with Crippen LogP contribution in [0.2, 0.25) is 0 Å². The topological polar surface area (TPSA) is 20.2 Å².